The van der Waals surface area contributed by atoms with Crippen LogP contribution in [0.15, 0.2) is 59.7 Å². The number of rotatable bonds is 6. The van der Waals surface area contributed by atoms with E-state index in [0.717, 1.165) is 6.42 Å². The fraction of sp³-hybridized carbons (Fsp3) is 0.304. The fourth-order valence-corrected chi connectivity index (χ4v) is 3.25. The lowest BCUT2D eigenvalue weighted by molar-refractivity contribution is -0.385. The smallest absolute Gasteiger partial charge is 0.273 e. The SMILES string of the molecule is CC(C)(C)c1ccc([C@H]2C[C@H]2C(=O)N/N=C/C=C/c2ccccc2[N+](=O)[O-])cc1. The maximum atomic E-state index is 12.3. The Morgan fingerprint density at radius 1 is 1.17 bits per heavy atom. The molecule has 6 heteroatoms. The van der Waals surface area contributed by atoms with Gasteiger partial charge in [-0.3, -0.25) is 14.9 Å². The molecule has 3 rings (SSSR count). The van der Waals surface area contributed by atoms with Gasteiger partial charge in [-0.05, 0) is 47.1 Å². The molecule has 2 aromatic rings. The maximum absolute atomic E-state index is 12.3. The Labute approximate surface area is 170 Å². The van der Waals surface area contributed by atoms with Crippen molar-refractivity contribution in [3.05, 3.63) is 81.4 Å². The summed E-state index contributed by atoms with van der Waals surface area (Å²) in [4.78, 5) is 22.8. The number of hydrogen-bond donors (Lipinski definition) is 1. The highest BCUT2D eigenvalue weighted by Gasteiger charge is 2.43. The van der Waals surface area contributed by atoms with E-state index < -0.39 is 4.92 Å². The summed E-state index contributed by atoms with van der Waals surface area (Å²) in [5.41, 5.74) is 5.63. The second-order valence-electron chi connectivity index (χ2n) is 8.25. The topological polar surface area (TPSA) is 84.6 Å². The normalized spacial score (nSPS) is 18.9. The highest BCUT2D eigenvalue weighted by molar-refractivity contribution is 5.85. The van der Waals surface area contributed by atoms with E-state index in [4.69, 9.17) is 0 Å². The molecule has 150 valence electrons. The van der Waals surface area contributed by atoms with Crippen LogP contribution in [-0.4, -0.2) is 17.0 Å². The van der Waals surface area contributed by atoms with Crippen LogP contribution in [0.4, 0.5) is 5.69 Å². The number of hydrogen-bond acceptors (Lipinski definition) is 4. The zero-order valence-corrected chi connectivity index (χ0v) is 16.8. The number of nitrogens with one attached hydrogen (secondary N) is 1. The molecule has 0 unspecified atom stereocenters. The molecular formula is C23H25N3O3. The first-order valence-electron chi connectivity index (χ1n) is 9.61. The zero-order valence-electron chi connectivity index (χ0n) is 16.8. The van der Waals surface area contributed by atoms with E-state index in [1.165, 1.54) is 23.4 Å². The number of benzene rings is 2. The van der Waals surface area contributed by atoms with E-state index in [1.807, 2.05) is 0 Å². The molecule has 1 fully saturated rings. The number of nitrogens with zero attached hydrogens (tertiary/aromatic N) is 2. The van der Waals surface area contributed by atoms with Gasteiger partial charge in [0.2, 0.25) is 5.91 Å². The van der Waals surface area contributed by atoms with Gasteiger partial charge in [0.15, 0.2) is 0 Å². The Hall–Kier alpha value is -3.28. The van der Waals surface area contributed by atoms with Gasteiger partial charge in [0, 0.05) is 18.2 Å². The Balaban J connectivity index is 1.51. The van der Waals surface area contributed by atoms with Crippen LogP contribution in [0.2, 0.25) is 0 Å². The Morgan fingerprint density at radius 3 is 2.52 bits per heavy atom. The lowest BCUT2D eigenvalue weighted by atomic mass is 9.86. The second-order valence-corrected chi connectivity index (χ2v) is 8.25. The predicted molar refractivity (Wildman–Crippen MR) is 115 cm³/mol. The first-order chi connectivity index (χ1) is 13.8. The first-order valence-corrected chi connectivity index (χ1v) is 9.61. The fourth-order valence-electron chi connectivity index (χ4n) is 3.25. The van der Waals surface area contributed by atoms with Crippen LogP contribution in [0.5, 0.6) is 0 Å². The van der Waals surface area contributed by atoms with Gasteiger partial charge in [0.05, 0.1) is 10.5 Å². The first kappa shape index (κ1) is 20.5. The van der Waals surface area contributed by atoms with Crippen LogP contribution in [0.25, 0.3) is 6.08 Å². The van der Waals surface area contributed by atoms with Crippen LogP contribution < -0.4 is 5.43 Å². The molecule has 0 radical (unpaired) electrons. The van der Waals surface area contributed by atoms with Crippen molar-refractivity contribution in [2.75, 3.05) is 0 Å². The molecule has 2 atom stereocenters. The minimum Gasteiger partial charge on any atom is -0.273 e. The molecule has 0 spiro atoms. The summed E-state index contributed by atoms with van der Waals surface area (Å²) in [7, 11) is 0. The second kappa shape index (κ2) is 8.39. The number of nitro benzene ring substituents is 1. The molecule has 1 N–H and O–H groups in total. The number of nitro groups is 1. The van der Waals surface area contributed by atoms with E-state index in [1.54, 1.807) is 30.4 Å². The Bertz CT molecular complexity index is 956. The minimum atomic E-state index is -0.431. The monoisotopic (exact) mass is 391 g/mol. The van der Waals surface area contributed by atoms with Crippen molar-refractivity contribution in [2.24, 2.45) is 11.0 Å². The third-order valence-electron chi connectivity index (χ3n) is 5.08. The van der Waals surface area contributed by atoms with Crippen molar-refractivity contribution in [3.63, 3.8) is 0 Å². The molecule has 1 saturated carbocycles. The van der Waals surface area contributed by atoms with Crippen molar-refractivity contribution in [1.29, 1.82) is 0 Å². The number of para-hydroxylation sites is 1. The third kappa shape index (κ3) is 5.16. The van der Waals surface area contributed by atoms with Crippen molar-refractivity contribution in [2.45, 2.75) is 38.5 Å². The molecule has 29 heavy (non-hydrogen) atoms. The summed E-state index contributed by atoms with van der Waals surface area (Å²) < 4.78 is 0. The summed E-state index contributed by atoms with van der Waals surface area (Å²) in [6.07, 6.45) is 5.40. The number of amides is 1. The average Bonchev–Trinajstić information content (AvgIpc) is 3.48. The summed E-state index contributed by atoms with van der Waals surface area (Å²) in [5, 5.41) is 14.9. The number of carbonyl (C=O) groups is 1. The molecule has 0 bridgehead atoms. The predicted octanol–water partition coefficient (Wildman–Crippen LogP) is 4.81. The lowest BCUT2D eigenvalue weighted by Gasteiger charge is -2.19. The van der Waals surface area contributed by atoms with Gasteiger partial charge in [0.1, 0.15) is 0 Å². The van der Waals surface area contributed by atoms with Crippen LogP contribution in [0.1, 0.15) is 49.8 Å². The van der Waals surface area contributed by atoms with Crippen LogP contribution in [0, 0.1) is 16.0 Å². The summed E-state index contributed by atoms with van der Waals surface area (Å²) in [6.45, 7) is 6.54. The molecule has 0 aromatic heterocycles. The van der Waals surface area contributed by atoms with E-state index in [-0.39, 0.29) is 28.8 Å². The van der Waals surface area contributed by atoms with Crippen LogP contribution in [-0.2, 0) is 10.2 Å². The van der Waals surface area contributed by atoms with Gasteiger partial charge in [-0.2, -0.15) is 5.10 Å². The average molecular weight is 391 g/mol. The molecule has 2 aromatic carbocycles. The molecule has 6 nitrogen and oxygen atoms in total. The molecule has 1 amide bonds. The highest BCUT2D eigenvalue weighted by atomic mass is 16.6. The third-order valence-corrected chi connectivity index (χ3v) is 5.08. The van der Waals surface area contributed by atoms with E-state index in [2.05, 4.69) is 55.6 Å². The van der Waals surface area contributed by atoms with Crippen molar-refractivity contribution >= 4 is 23.9 Å². The van der Waals surface area contributed by atoms with Gasteiger partial charge < -0.3 is 0 Å². The zero-order chi connectivity index (χ0) is 21.0. The van der Waals surface area contributed by atoms with Crippen molar-refractivity contribution in [3.8, 4) is 0 Å². The van der Waals surface area contributed by atoms with E-state index in [0.29, 0.717) is 5.56 Å². The Kier molecular flexibility index (Phi) is 5.92. The van der Waals surface area contributed by atoms with Gasteiger partial charge in [0.25, 0.3) is 5.69 Å². The minimum absolute atomic E-state index is 0.0273. The summed E-state index contributed by atoms with van der Waals surface area (Å²) >= 11 is 0. The number of carbonyl (C=O) groups excluding carboxylic acids is 1. The van der Waals surface area contributed by atoms with Crippen LogP contribution in [0.3, 0.4) is 0 Å². The number of allylic oxidation sites excluding steroid dienone is 1. The molecule has 1 aliphatic carbocycles. The summed E-state index contributed by atoms with van der Waals surface area (Å²) in [6, 6.07) is 14.9. The highest BCUT2D eigenvalue weighted by Crippen LogP contribution is 2.47. The van der Waals surface area contributed by atoms with Gasteiger partial charge >= 0.3 is 0 Å². The van der Waals surface area contributed by atoms with Crippen LogP contribution >= 0.6 is 0 Å². The summed E-state index contributed by atoms with van der Waals surface area (Å²) in [5.74, 6) is 0.0683. The van der Waals surface area contributed by atoms with Gasteiger partial charge in [-0.15, -0.1) is 0 Å². The van der Waals surface area contributed by atoms with Gasteiger partial charge in [-0.25, -0.2) is 5.43 Å². The molecular weight excluding hydrogens is 366 g/mol. The van der Waals surface area contributed by atoms with Crippen molar-refractivity contribution < 1.29 is 9.72 Å². The van der Waals surface area contributed by atoms with E-state index in [9.17, 15) is 14.9 Å². The molecule has 0 heterocycles. The lowest BCUT2D eigenvalue weighted by Crippen LogP contribution is -2.19. The molecule has 1 aliphatic rings. The Morgan fingerprint density at radius 2 is 1.86 bits per heavy atom. The standard InChI is InChI=1S/C23H25N3O3/c1-23(2,3)18-12-10-16(11-13-18)19-15-20(19)22(27)25-24-14-6-8-17-7-4-5-9-21(17)26(28)29/h4-14,19-20H,15H2,1-3H3,(H,25,27)/b8-6+,24-14+/t19-,20-/m1/s1. The quantitative estimate of drug-likeness (QED) is 0.436. The van der Waals surface area contributed by atoms with Crippen molar-refractivity contribution in [1.82, 2.24) is 5.43 Å². The van der Waals surface area contributed by atoms with Gasteiger partial charge in [-0.1, -0.05) is 57.2 Å². The maximum Gasteiger partial charge on any atom is 0.276 e. The largest absolute Gasteiger partial charge is 0.276 e. The molecule has 0 saturated heterocycles. The molecule has 0 aliphatic heterocycles. The number of hydrazone groups is 1. The van der Waals surface area contributed by atoms with E-state index >= 15 is 0 Å².